The third-order valence-electron chi connectivity index (χ3n) is 3.40. The van der Waals surface area contributed by atoms with Gasteiger partial charge in [-0.25, -0.2) is 4.79 Å². The largest absolute Gasteiger partial charge is 0.481 e. The topological polar surface area (TPSA) is 78.4 Å². The van der Waals surface area contributed by atoms with Gasteiger partial charge in [-0.15, -0.1) is 0 Å². The van der Waals surface area contributed by atoms with Crippen molar-refractivity contribution in [2.75, 3.05) is 5.32 Å². The van der Waals surface area contributed by atoms with Crippen LogP contribution in [0.5, 0.6) is 0 Å². The van der Waals surface area contributed by atoms with E-state index in [1.54, 1.807) is 13.8 Å². The minimum Gasteiger partial charge on any atom is -0.481 e. The number of urea groups is 1. The molecule has 0 bridgehead atoms. The number of amides is 2. The van der Waals surface area contributed by atoms with Gasteiger partial charge < -0.3 is 15.7 Å². The minimum atomic E-state index is -0.865. The summed E-state index contributed by atoms with van der Waals surface area (Å²) in [5.41, 5.74) is 2.56. The predicted molar refractivity (Wildman–Crippen MR) is 83.7 cm³/mol. The van der Waals surface area contributed by atoms with E-state index in [4.69, 9.17) is 5.11 Å². The molecule has 1 aromatic carbocycles. The zero-order chi connectivity index (χ0) is 16.0. The summed E-state index contributed by atoms with van der Waals surface area (Å²) in [6.07, 6.45) is 1.36. The molecule has 5 heteroatoms. The van der Waals surface area contributed by atoms with Crippen LogP contribution in [0.4, 0.5) is 10.5 Å². The Morgan fingerprint density at radius 1 is 1.29 bits per heavy atom. The number of nitrogens with one attached hydrogen (secondary N) is 2. The maximum Gasteiger partial charge on any atom is 0.319 e. The molecule has 0 aromatic heterocycles. The molecule has 3 N–H and O–H groups in total. The Balaban J connectivity index is 2.60. The third-order valence-corrected chi connectivity index (χ3v) is 3.40. The summed E-state index contributed by atoms with van der Waals surface area (Å²) >= 11 is 0. The van der Waals surface area contributed by atoms with Crippen molar-refractivity contribution >= 4 is 17.7 Å². The summed E-state index contributed by atoms with van der Waals surface area (Å²) in [5, 5.41) is 14.3. The first-order valence-corrected chi connectivity index (χ1v) is 7.14. The Morgan fingerprint density at radius 3 is 2.48 bits per heavy atom. The lowest BCUT2D eigenvalue weighted by Crippen LogP contribution is -2.45. The smallest absolute Gasteiger partial charge is 0.319 e. The van der Waals surface area contributed by atoms with Gasteiger partial charge in [0.15, 0.2) is 0 Å². The second-order valence-corrected chi connectivity index (χ2v) is 5.85. The molecule has 0 fully saturated rings. The van der Waals surface area contributed by atoms with Gasteiger partial charge in [0.2, 0.25) is 0 Å². The number of carbonyl (C=O) groups excluding carboxylic acids is 1. The molecular weight excluding hydrogens is 268 g/mol. The summed E-state index contributed by atoms with van der Waals surface area (Å²) < 4.78 is 0. The van der Waals surface area contributed by atoms with Crippen molar-refractivity contribution in [1.82, 2.24) is 5.32 Å². The van der Waals surface area contributed by atoms with Crippen LogP contribution < -0.4 is 10.6 Å². The number of hydrogen-bond acceptors (Lipinski definition) is 2. The first-order chi connectivity index (χ1) is 9.73. The van der Waals surface area contributed by atoms with Crippen molar-refractivity contribution in [2.45, 2.75) is 52.5 Å². The van der Waals surface area contributed by atoms with Crippen LogP contribution in [0.2, 0.25) is 0 Å². The highest BCUT2D eigenvalue weighted by Gasteiger charge is 2.21. The van der Waals surface area contributed by atoms with Crippen molar-refractivity contribution in [3.05, 3.63) is 29.3 Å². The summed E-state index contributed by atoms with van der Waals surface area (Å²) in [6, 6.07) is 5.48. The average Bonchev–Trinajstić information content (AvgIpc) is 2.36. The molecule has 0 saturated heterocycles. The number of rotatable bonds is 6. The van der Waals surface area contributed by atoms with Crippen molar-refractivity contribution in [3.8, 4) is 0 Å². The van der Waals surface area contributed by atoms with Gasteiger partial charge in [-0.2, -0.15) is 0 Å². The number of aliphatic carboxylic acids is 1. The van der Waals surface area contributed by atoms with Gasteiger partial charge in [0, 0.05) is 17.6 Å². The van der Waals surface area contributed by atoms with Crippen LogP contribution in [0.3, 0.4) is 0 Å². The highest BCUT2D eigenvalue weighted by molar-refractivity contribution is 5.89. The van der Waals surface area contributed by atoms with Crippen LogP contribution >= 0.6 is 0 Å². The Kier molecular flexibility index (Phi) is 5.76. The summed E-state index contributed by atoms with van der Waals surface area (Å²) in [5.74, 6) is -0.865. The molecule has 1 aromatic rings. The first kappa shape index (κ1) is 17.0. The van der Waals surface area contributed by atoms with Gasteiger partial charge in [0.1, 0.15) is 0 Å². The Labute approximate surface area is 125 Å². The Bertz CT molecular complexity index is 524. The zero-order valence-corrected chi connectivity index (χ0v) is 13.1. The number of hydrogen-bond donors (Lipinski definition) is 3. The Morgan fingerprint density at radius 2 is 1.95 bits per heavy atom. The third kappa shape index (κ3) is 5.85. The maximum atomic E-state index is 12.0. The molecule has 21 heavy (non-hydrogen) atoms. The van der Waals surface area contributed by atoms with E-state index in [-0.39, 0.29) is 12.5 Å². The van der Waals surface area contributed by atoms with E-state index in [0.29, 0.717) is 6.42 Å². The van der Waals surface area contributed by atoms with E-state index in [2.05, 4.69) is 17.6 Å². The van der Waals surface area contributed by atoms with E-state index in [1.165, 1.54) is 5.56 Å². The first-order valence-electron chi connectivity index (χ1n) is 7.14. The van der Waals surface area contributed by atoms with Gasteiger partial charge in [0.25, 0.3) is 0 Å². The molecule has 2 amide bonds. The van der Waals surface area contributed by atoms with Crippen molar-refractivity contribution in [1.29, 1.82) is 0 Å². The Hall–Kier alpha value is -2.04. The zero-order valence-electron chi connectivity index (χ0n) is 13.1. The quantitative estimate of drug-likeness (QED) is 0.752. The normalized spacial score (nSPS) is 11.0. The average molecular weight is 292 g/mol. The molecule has 0 atom stereocenters. The van der Waals surface area contributed by atoms with Crippen LogP contribution in [0.15, 0.2) is 18.2 Å². The molecule has 0 spiro atoms. The minimum absolute atomic E-state index is 0.0254. The van der Waals surface area contributed by atoms with Crippen LogP contribution in [0, 0.1) is 6.92 Å². The predicted octanol–water partition coefficient (Wildman–Crippen LogP) is 3.32. The highest BCUT2D eigenvalue weighted by Crippen LogP contribution is 2.16. The SMILES string of the molecule is CCc1ccc(NC(=O)NC(C)(C)CCC(=O)O)cc1C. The van der Waals surface area contributed by atoms with Crippen molar-refractivity contribution < 1.29 is 14.7 Å². The van der Waals surface area contributed by atoms with Crippen LogP contribution in [0.25, 0.3) is 0 Å². The van der Waals surface area contributed by atoms with Gasteiger partial charge in [-0.05, 0) is 56.9 Å². The van der Waals surface area contributed by atoms with E-state index < -0.39 is 11.5 Å². The molecule has 0 aliphatic heterocycles. The standard InChI is InChI=1S/C16H24N2O3/c1-5-12-6-7-13(10-11(12)2)17-15(21)18-16(3,4)9-8-14(19)20/h6-7,10H,5,8-9H2,1-4H3,(H,19,20)(H2,17,18,21). The number of aryl methyl sites for hydroxylation is 2. The van der Waals surface area contributed by atoms with Gasteiger partial charge in [-0.1, -0.05) is 13.0 Å². The van der Waals surface area contributed by atoms with Crippen LogP contribution in [-0.4, -0.2) is 22.6 Å². The van der Waals surface area contributed by atoms with E-state index in [9.17, 15) is 9.59 Å². The van der Waals surface area contributed by atoms with E-state index >= 15 is 0 Å². The van der Waals surface area contributed by atoms with Crippen molar-refractivity contribution in [2.24, 2.45) is 0 Å². The molecule has 0 aliphatic rings. The van der Waals surface area contributed by atoms with Crippen LogP contribution in [0.1, 0.15) is 44.7 Å². The molecule has 0 aliphatic carbocycles. The second-order valence-electron chi connectivity index (χ2n) is 5.85. The second kappa shape index (κ2) is 7.11. The number of anilines is 1. The lowest BCUT2D eigenvalue weighted by Gasteiger charge is -2.25. The summed E-state index contributed by atoms with van der Waals surface area (Å²) in [6.45, 7) is 7.72. The van der Waals surface area contributed by atoms with Crippen LogP contribution in [-0.2, 0) is 11.2 Å². The fourth-order valence-corrected chi connectivity index (χ4v) is 2.12. The fourth-order valence-electron chi connectivity index (χ4n) is 2.12. The summed E-state index contributed by atoms with van der Waals surface area (Å²) in [4.78, 5) is 22.6. The molecular formula is C16H24N2O3. The monoisotopic (exact) mass is 292 g/mol. The van der Waals surface area contributed by atoms with E-state index in [1.807, 2.05) is 25.1 Å². The van der Waals surface area contributed by atoms with Crippen molar-refractivity contribution in [3.63, 3.8) is 0 Å². The number of carboxylic acids is 1. The lowest BCUT2D eigenvalue weighted by molar-refractivity contribution is -0.137. The van der Waals surface area contributed by atoms with Gasteiger partial charge >= 0.3 is 12.0 Å². The maximum absolute atomic E-state index is 12.0. The van der Waals surface area contributed by atoms with Gasteiger partial charge in [0.05, 0.1) is 0 Å². The fraction of sp³-hybridized carbons (Fsp3) is 0.500. The molecule has 116 valence electrons. The number of carbonyl (C=O) groups is 2. The molecule has 0 saturated carbocycles. The van der Waals surface area contributed by atoms with Gasteiger partial charge in [-0.3, -0.25) is 4.79 Å². The molecule has 0 unspecified atom stereocenters. The number of carboxylic acid groups (broad SMARTS) is 1. The lowest BCUT2D eigenvalue weighted by atomic mass is 9.99. The summed E-state index contributed by atoms with van der Waals surface area (Å²) in [7, 11) is 0. The van der Waals surface area contributed by atoms with E-state index in [0.717, 1.165) is 17.7 Å². The number of benzene rings is 1. The molecule has 5 nitrogen and oxygen atoms in total. The highest BCUT2D eigenvalue weighted by atomic mass is 16.4. The molecule has 0 radical (unpaired) electrons. The molecule has 1 rings (SSSR count). The molecule has 0 heterocycles.